The Hall–Kier alpha value is -1.06. The molecule has 2 atom stereocenters. The minimum atomic E-state index is -0.136. The highest BCUT2D eigenvalue weighted by molar-refractivity contribution is 5.29. The molecule has 0 aliphatic heterocycles. The Morgan fingerprint density at radius 3 is 2.06 bits per heavy atom. The van der Waals surface area contributed by atoms with Crippen molar-refractivity contribution in [2.24, 2.45) is 17.6 Å². The fourth-order valence-corrected chi connectivity index (χ4v) is 2.03. The van der Waals surface area contributed by atoms with Gasteiger partial charge in [0.05, 0.1) is 6.10 Å². The van der Waals surface area contributed by atoms with Crippen molar-refractivity contribution in [1.82, 2.24) is 0 Å². The number of nitrogens with two attached hydrogens (primary N) is 1. The molecule has 18 heavy (non-hydrogen) atoms. The van der Waals surface area contributed by atoms with Gasteiger partial charge < -0.3 is 15.6 Å². The SMILES string of the molecule is CC(C)Oc1ccc(C(N)C(CO)C(C)C)cc1. The number of hydrogen-bond donors (Lipinski definition) is 2. The molecule has 3 heteroatoms. The summed E-state index contributed by atoms with van der Waals surface area (Å²) in [6.45, 7) is 8.28. The van der Waals surface area contributed by atoms with Crippen LogP contribution >= 0.6 is 0 Å². The van der Waals surface area contributed by atoms with Crippen molar-refractivity contribution in [1.29, 1.82) is 0 Å². The van der Waals surface area contributed by atoms with Crippen LogP contribution in [-0.4, -0.2) is 17.8 Å². The van der Waals surface area contributed by atoms with Crippen molar-refractivity contribution >= 4 is 0 Å². The van der Waals surface area contributed by atoms with Crippen molar-refractivity contribution < 1.29 is 9.84 Å². The lowest BCUT2D eigenvalue weighted by atomic mass is 9.86. The lowest BCUT2D eigenvalue weighted by Crippen LogP contribution is -2.28. The van der Waals surface area contributed by atoms with Gasteiger partial charge in [0.1, 0.15) is 5.75 Å². The molecule has 0 aliphatic rings. The monoisotopic (exact) mass is 251 g/mol. The number of benzene rings is 1. The second kappa shape index (κ2) is 6.76. The number of aliphatic hydroxyl groups excluding tert-OH is 1. The van der Waals surface area contributed by atoms with Gasteiger partial charge in [0, 0.05) is 18.6 Å². The number of hydrogen-bond acceptors (Lipinski definition) is 3. The minimum Gasteiger partial charge on any atom is -0.491 e. The summed E-state index contributed by atoms with van der Waals surface area (Å²) >= 11 is 0. The van der Waals surface area contributed by atoms with E-state index in [4.69, 9.17) is 10.5 Å². The molecule has 0 bridgehead atoms. The molecule has 3 nitrogen and oxygen atoms in total. The molecule has 102 valence electrons. The van der Waals surface area contributed by atoms with Crippen LogP contribution in [0.15, 0.2) is 24.3 Å². The van der Waals surface area contributed by atoms with Crippen LogP contribution < -0.4 is 10.5 Å². The molecule has 0 heterocycles. The molecule has 1 aromatic carbocycles. The molecule has 3 N–H and O–H groups in total. The second-order valence-corrected chi connectivity index (χ2v) is 5.35. The molecule has 0 saturated heterocycles. The molecule has 0 saturated carbocycles. The van der Waals surface area contributed by atoms with E-state index >= 15 is 0 Å². The van der Waals surface area contributed by atoms with Crippen LogP contribution in [0.25, 0.3) is 0 Å². The summed E-state index contributed by atoms with van der Waals surface area (Å²) in [5.74, 6) is 1.30. The van der Waals surface area contributed by atoms with Crippen LogP contribution in [0.4, 0.5) is 0 Å². The van der Waals surface area contributed by atoms with E-state index in [1.807, 2.05) is 38.1 Å². The summed E-state index contributed by atoms with van der Waals surface area (Å²) in [6, 6.07) is 7.69. The highest BCUT2D eigenvalue weighted by atomic mass is 16.5. The molecule has 0 aliphatic carbocycles. The molecule has 2 unspecified atom stereocenters. The summed E-state index contributed by atoms with van der Waals surface area (Å²) < 4.78 is 5.59. The quantitative estimate of drug-likeness (QED) is 0.817. The molecule has 0 radical (unpaired) electrons. The zero-order chi connectivity index (χ0) is 13.7. The maximum atomic E-state index is 9.40. The van der Waals surface area contributed by atoms with E-state index in [2.05, 4.69) is 13.8 Å². The van der Waals surface area contributed by atoms with Gasteiger partial charge in [0.2, 0.25) is 0 Å². The van der Waals surface area contributed by atoms with Crippen molar-refractivity contribution in [3.63, 3.8) is 0 Å². The Balaban J connectivity index is 2.77. The van der Waals surface area contributed by atoms with E-state index in [9.17, 15) is 5.11 Å². The zero-order valence-electron chi connectivity index (χ0n) is 11.8. The van der Waals surface area contributed by atoms with E-state index < -0.39 is 0 Å². The van der Waals surface area contributed by atoms with E-state index in [0.29, 0.717) is 5.92 Å². The van der Waals surface area contributed by atoms with Crippen LogP contribution in [0.2, 0.25) is 0 Å². The van der Waals surface area contributed by atoms with Gasteiger partial charge >= 0.3 is 0 Å². The third-order valence-electron chi connectivity index (χ3n) is 3.17. The first-order valence-electron chi connectivity index (χ1n) is 6.58. The molecule has 0 fully saturated rings. The van der Waals surface area contributed by atoms with Gasteiger partial charge in [0.15, 0.2) is 0 Å². The predicted molar refractivity (Wildman–Crippen MR) is 74.5 cm³/mol. The Morgan fingerprint density at radius 2 is 1.67 bits per heavy atom. The van der Waals surface area contributed by atoms with Gasteiger partial charge in [-0.15, -0.1) is 0 Å². The Kier molecular flexibility index (Phi) is 5.63. The topological polar surface area (TPSA) is 55.5 Å². The Morgan fingerprint density at radius 1 is 1.11 bits per heavy atom. The largest absolute Gasteiger partial charge is 0.491 e. The molecule has 1 aromatic rings. The van der Waals surface area contributed by atoms with Crippen LogP contribution in [0.3, 0.4) is 0 Å². The zero-order valence-corrected chi connectivity index (χ0v) is 11.8. The predicted octanol–water partition coefficient (Wildman–Crippen LogP) is 2.74. The fourth-order valence-electron chi connectivity index (χ4n) is 2.03. The lowest BCUT2D eigenvalue weighted by Gasteiger charge is -2.25. The average Bonchev–Trinajstić information content (AvgIpc) is 2.29. The maximum Gasteiger partial charge on any atom is 0.119 e. The number of rotatable bonds is 6. The molecule has 1 rings (SSSR count). The summed E-state index contributed by atoms with van der Waals surface area (Å²) in [5, 5.41) is 9.40. The minimum absolute atomic E-state index is 0.0851. The fraction of sp³-hybridized carbons (Fsp3) is 0.600. The first kappa shape index (κ1) is 15.0. The van der Waals surface area contributed by atoms with Crippen molar-refractivity contribution in [3.05, 3.63) is 29.8 Å². The summed E-state index contributed by atoms with van der Waals surface area (Å²) in [7, 11) is 0. The van der Waals surface area contributed by atoms with Crippen molar-refractivity contribution in [2.75, 3.05) is 6.61 Å². The first-order chi connectivity index (χ1) is 8.45. The average molecular weight is 251 g/mol. The smallest absolute Gasteiger partial charge is 0.119 e. The van der Waals surface area contributed by atoms with Crippen LogP contribution in [0, 0.1) is 11.8 Å². The standard InChI is InChI=1S/C15H25NO2/c1-10(2)14(9-17)15(16)12-5-7-13(8-6-12)18-11(3)4/h5-8,10-11,14-15,17H,9,16H2,1-4H3. The molecule has 0 spiro atoms. The maximum absolute atomic E-state index is 9.40. The second-order valence-electron chi connectivity index (χ2n) is 5.35. The van der Waals surface area contributed by atoms with Gasteiger partial charge in [-0.3, -0.25) is 0 Å². The van der Waals surface area contributed by atoms with Gasteiger partial charge in [-0.25, -0.2) is 0 Å². The molecular formula is C15H25NO2. The highest BCUT2D eigenvalue weighted by Gasteiger charge is 2.21. The van der Waals surface area contributed by atoms with Gasteiger partial charge in [-0.05, 0) is 37.5 Å². The Labute approximate surface area is 110 Å². The highest BCUT2D eigenvalue weighted by Crippen LogP contribution is 2.27. The lowest BCUT2D eigenvalue weighted by molar-refractivity contribution is 0.166. The van der Waals surface area contributed by atoms with E-state index in [-0.39, 0.29) is 24.7 Å². The van der Waals surface area contributed by atoms with Crippen LogP contribution in [-0.2, 0) is 0 Å². The molecule has 0 amide bonds. The summed E-state index contributed by atoms with van der Waals surface area (Å²) in [6.07, 6.45) is 0.172. The third-order valence-corrected chi connectivity index (χ3v) is 3.17. The van der Waals surface area contributed by atoms with Gasteiger partial charge in [0.25, 0.3) is 0 Å². The van der Waals surface area contributed by atoms with Gasteiger partial charge in [-0.1, -0.05) is 26.0 Å². The van der Waals surface area contributed by atoms with Gasteiger partial charge in [-0.2, -0.15) is 0 Å². The van der Waals surface area contributed by atoms with Crippen LogP contribution in [0.1, 0.15) is 39.3 Å². The summed E-state index contributed by atoms with van der Waals surface area (Å²) in [5.41, 5.74) is 7.24. The summed E-state index contributed by atoms with van der Waals surface area (Å²) in [4.78, 5) is 0. The van der Waals surface area contributed by atoms with Crippen LogP contribution in [0.5, 0.6) is 5.75 Å². The van der Waals surface area contributed by atoms with E-state index in [1.54, 1.807) is 0 Å². The number of ether oxygens (including phenoxy) is 1. The Bertz CT molecular complexity index is 346. The van der Waals surface area contributed by atoms with Crippen molar-refractivity contribution in [3.8, 4) is 5.75 Å². The molecular weight excluding hydrogens is 226 g/mol. The first-order valence-corrected chi connectivity index (χ1v) is 6.58. The van der Waals surface area contributed by atoms with Crippen molar-refractivity contribution in [2.45, 2.75) is 39.8 Å². The third kappa shape index (κ3) is 4.00. The van der Waals surface area contributed by atoms with E-state index in [1.165, 1.54) is 0 Å². The molecule has 0 aromatic heterocycles. The normalized spacial score (nSPS) is 14.9. The number of aliphatic hydroxyl groups is 1. The van der Waals surface area contributed by atoms with E-state index in [0.717, 1.165) is 11.3 Å².